The van der Waals surface area contributed by atoms with E-state index in [1.807, 2.05) is 62.4 Å². The third-order valence-electron chi connectivity index (χ3n) is 7.09. The molecule has 4 aromatic rings. The summed E-state index contributed by atoms with van der Waals surface area (Å²) in [6, 6.07) is 23.1. The first-order chi connectivity index (χ1) is 21.0. The van der Waals surface area contributed by atoms with Crippen LogP contribution in [0.5, 0.6) is 11.5 Å². The molecule has 224 valence electrons. The third-order valence-corrected chi connectivity index (χ3v) is 8.02. The SMILES string of the molecule is CCCCSc1nc2n(n1)C(c1ccc(OCc3ccc(C)cc3)c(OCC)c1)C(C(=O)OCc1ccccc1)=C(C)N2. The van der Waals surface area contributed by atoms with Crippen molar-refractivity contribution in [3.8, 4) is 11.5 Å². The maximum absolute atomic E-state index is 13.7. The lowest BCUT2D eigenvalue weighted by atomic mass is 9.95. The van der Waals surface area contributed by atoms with Gasteiger partial charge in [-0.3, -0.25) is 0 Å². The number of rotatable bonds is 13. The van der Waals surface area contributed by atoms with Crippen LogP contribution in [0.2, 0.25) is 0 Å². The predicted octanol–water partition coefficient (Wildman–Crippen LogP) is 7.49. The Bertz CT molecular complexity index is 1570. The Morgan fingerprint density at radius 1 is 0.930 bits per heavy atom. The summed E-state index contributed by atoms with van der Waals surface area (Å²) in [7, 11) is 0. The molecule has 1 aliphatic rings. The van der Waals surface area contributed by atoms with E-state index in [1.54, 1.807) is 16.4 Å². The fourth-order valence-corrected chi connectivity index (χ4v) is 5.71. The highest BCUT2D eigenvalue weighted by Crippen LogP contribution is 2.40. The number of hydrogen-bond donors (Lipinski definition) is 1. The van der Waals surface area contributed by atoms with Crippen LogP contribution in [0.15, 0.2) is 89.2 Å². The first kappa shape index (κ1) is 30.2. The molecule has 8 nitrogen and oxygen atoms in total. The van der Waals surface area contributed by atoms with E-state index in [9.17, 15) is 4.79 Å². The summed E-state index contributed by atoms with van der Waals surface area (Å²) in [6.07, 6.45) is 2.17. The first-order valence-electron chi connectivity index (χ1n) is 14.7. The van der Waals surface area contributed by atoms with Crippen molar-refractivity contribution in [2.24, 2.45) is 0 Å². The van der Waals surface area contributed by atoms with E-state index in [1.165, 1.54) is 5.56 Å². The second-order valence-corrected chi connectivity index (χ2v) is 11.5. The van der Waals surface area contributed by atoms with Gasteiger partial charge in [-0.2, -0.15) is 4.98 Å². The van der Waals surface area contributed by atoms with Gasteiger partial charge in [0.1, 0.15) is 19.3 Å². The number of fused-ring (bicyclic) bond motifs is 1. The van der Waals surface area contributed by atoms with Gasteiger partial charge in [0.25, 0.3) is 0 Å². The molecule has 0 spiro atoms. The van der Waals surface area contributed by atoms with Crippen LogP contribution in [0.1, 0.15) is 61.9 Å². The Morgan fingerprint density at radius 3 is 2.44 bits per heavy atom. The fourth-order valence-electron chi connectivity index (χ4n) is 4.80. The third kappa shape index (κ3) is 7.40. The van der Waals surface area contributed by atoms with Crippen LogP contribution in [0, 0.1) is 6.92 Å². The molecule has 9 heteroatoms. The molecule has 1 unspecified atom stereocenters. The van der Waals surface area contributed by atoms with Crippen molar-refractivity contribution in [3.63, 3.8) is 0 Å². The minimum absolute atomic E-state index is 0.168. The van der Waals surface area contributed by atoms with E-state index in [0.29, 0.717) is 47.1 Å². The number of unbranched alkanes of at least 4 members (excludes halogenated alkanes) is 1. The zero-order valence-electron chi connectivity index (χ0n) is 25.1. The quantitative estimate of drug-likeness (QED) is 0.0962. The number of aryl methyl sites for hydroxylation is 1. The maximum Gasteiger partial charge on any atom is 0.338 e. The number of thioether (sulfide) groups is 1. The highest BCUT2D eigenvalue weighted by molar-refractivity contribution is 7.99. The summed E-state index contributed by atoms with van der Waals surface area (Å²) in [5, 5.41) is 8.79. The van der Waals surface area contributed by atoms with Gasteiger partial charge in [0.2, 0.25) is 11.1 Å². The predicted molar refractivity (Wildman–Crippen MR) is 169 cm³/mol. The van der Waals surface area contributed by atoms with Crippen LogP contribution in [0.4, 0.5) is 5.95 Å². The van der Waals surface area contributed by atoms with E-state index in [0.717, 1.165) is 35.3 Å². The van der Waals surface area contributed by atoms with Crippen molar-refractivity contribution >= 4 is 23.7 Å². The molecule has 5 rings (SSSR count). The number of anilines is 1. The topological polar surface area (TPSA) is 87.5 Å². The number of benzene rings is 3. The van der Waals surface area contributed by atoms with Gasteiger partial charge in [-0.05, 0) is 56.0 Å². The number of aromatic nitrogens is 3. The number of allylic oxidation sites excluding steroid dienone is 1. The van der Waals surface area contributed by atoms with Crippen LogP contribution in [-0.4, -0.2) is 33.1 Å². The second-order valence-electron chi connectivity index (χ2n) is 10.4. The molecule has 1 atom stereocenters. The molecule has 0 radical (unpaired) electrons. The number of carbonyl (C=O) groups excluding carboxylic acids is 1. The molecule has 43 heavy (non-hydrogen) atoms. The second kappa shape index (κ2) is 14.3. The van der Waals surface area contributed by atoms with Crippen LogP contribution in [-0.2, 0) is 22.7 Å². The summed E-state index contributed by atoms with van der Waals surface area (Å²) in [6.45, 7) is 9.07. The number of nitrogens with one attached hydrogen (secondary N) is 1. The first-order valence-corrected chi connectivity index (χ1v) is 15.7. The number of ether oxygens (including phenoxy) is 3. The molecule has 0 saturated heterocycles. The van der Waals surface area contributed by atoms with Crippen molar-refractivity contribution in [1.82, 2.24) is 14.8 Å². The van der Waals surface area contributed by atoms with Crippen molar-refractivity contribution in [3.05, 3.63) is 106 Å². The standard InChI is InChI=1S/C34H38N4O4S/c1-5-7-19-43-34-36-33-35-24(4)30(32(39)42-22-25-11-9-8-10-12-25)31(38(33)37-34)27-17-18-28(29(20-27)40-6-2)41-21-26-15-13-23(3)14-16-26/h8-18,20,31H,5-7,19,21-22H2,1-4H3,(H,35,36,37). The molecule has 1 aliphatic heterocycles. The number of nitrogens with zero attached hydrogens (tertiary/aromatic N) is 3. The molecular weight excluding hydrogens is 560 g/mol. The Kier molecular flexibility index (Phi) is 10.0. The lowest BCUT2D eigenvalue weighted by Gasteiger charge is -2.28. The van der Waals surface area contributed by atoms with Crippen LogP contribution in [0.25, 0.3) is 0 Å². The molecule has 0 bridgehead atoms. The molecule has 0 fully saturated rings. The highest BCUT2D eigenvalue weighted by Gasteiger charge is 2.36. The monoisotopic (exact) mass is 598 g/mol. The fraction of sp³-hybridized carbons (Fsp3) is 0.324. The minimum atomic E-state index is -0.571. The Labute approximate surface area is 257 Å². The summed E-state index contributed by atoms with van der Waals surface area (Å²) < 4.78 is 19.8. The average Bonchev–Trinajstić information content (AvgIpc) is 3.42. The largest absolute Gasteiger partial charge is 0.490 e. The summed E-state index contributed by atoms with van der Waals surface area (Å²) >= 11 is 1.61. The maximum atomic E-state index is 13.7. The van der Waals surface area contributed by atoms with Crippen molar-refractivity contribution in [1.29, 1.82) is 0 Å². The molecule has 2 heterocycles. The number of hydrogen-bond acceptors (Lipinski definition) is 8. The lowest BCUT2D eigenvalue weighted by Crippen LogP contribution is -2.29. The molecule has 1 N–H and O–H groups in total. The molecule has 0 aliphatic carbocycles. The van der Waals surface area contributed by atoms with Crippen molar-refractivity contribution in [2.75, 3.05) is 17.7 Å². The van der Waals surface area contributed by atoms with Crippen LogP contribution < -0.4 is 14.8 Å². The van der Waals surface area contributed by atoms with Gasteiger partial charge in [0, 0.05) is 11.4 Å². The van der Waals surface area contributed by atoms with Gasteiger partial charge in [-0.15, -0.1) is 5.10 Å². The van der Waals surface area contributed by atoms with Crippen molar-refractivity contribution < 1.29 is 19.0 Å². The van der Waals surface area contributed by atoms with E-state index < -0.39 is 12.0 Å². The summed E-state index contributed by atoms with van der Waals surface area (Å²) in [5.41, 5.74) is 5.14. The van der Waals surface area contributed by atoms with Gasteiger partial charge in [-0.25, -0.2) is 9.48 Å². The van der Waals surface area contributed by atoms with Gasteiger partial charge in [0.05, 0.1) is 12.2 Å². The Morgan fingerprint density at radius 2 is 1.70 bits per heavy atom. The van der Waals surface area contributed by atoms with E-state index >= 15 is 0 Å². The van der Waals surface area contributed by atoms with E-state index in [4.69, 9.17) is 24.3 Å². The lowest BCUT2D eigenvalue weighted by molar-refractivity contribution is -0.140. The van der Waals surface area contributed by atoms with Crippen LogP contribution in [0.3, 0.4) is 0 Å². The Balaban J connectivity index is 1.48. The van der Waals surface area contributed by atoms with E-state index in [2.05, 4.69) is 43.4 Å². The van der Waals surface area contributed by atoms with Crippen molar-refractivity contribution in [2.45, 2.75) is 64.9 Å². The number of esters is 1. The molecule has 0 amide bonds. The normalized spacial score (nSPS) is 14.2. The molecule has 3 aromatic carbocycles. The zero-order valence-corrected chi connectivity index (χ0v) is 25.9. The molecule has 1 aromatic heterocycles. The minimum Gasteiger partial charge on any atom is -0.490 e. The van der Waals surface area contributed by atoms with Gasteiger partial charge < -0.3 is 19.5 Å². The summed E-state index contributed by atoms with van der Waals surface area (Å²) in [4.78, 5) is 18.5. The summed E-state index contributed by atoms with van der Waals surface area (Å²) in [5.74, 6) is 2.31. The van der Waals surface area contributed by atoms with Gasteiger partial charge in [0.15, 0.2) is 11.5 Å². The number of carbonyl (C=O) groups is 1. The smallest absolute Gasteiger partial charge is 0.338 e. The highest BCUT2D eigenvalue weighted by atomic mass is 32.2. The van der Waals surface area contributed by atoms with Crippen LogP contribution >= 0.6 is 11.8 Å². The molecule has 0 saturated carbocycles. The van der Waals surface area contributed by atoms with Gasteiger partial charge >= 0.3 is 5.97 Å². The van der Waals surface area contributed by atoms with Gasteiger partial charge in [-0.1, -0.05) is 91.3 Å². The zero-order chi connectivity index (χ0) is 30.2. The Hall–Kier alpha value is -4.24. The van der Waals surface area contributed by atoms with E-state index in [-0.39, 0.29) is 6.61 Å². The average molecular weight is 599 g/mol. The molecular formula is C34H38N4O4S.